The fourth-order valence-corrected chi connectivity index (χ4v) is 6.35. The third-order valence-corrected chi connectivity index (χ3v) is 7.80. The summed E-state index contributed by atoms with van der Waals surface area (Å²) >= 11 is 0. The number of fused-ring (bicyclic) bond motifs is 2. The molecule has 0 saturated heterocycles. The molecule has 1 heteroatoms. The maximum absolute atomic E-state index is 5.97. The van der Waals surface area contributed by atoms with E-state index in [1.54, 1.807) is 16.7 Å². The van der Waals surface area contributed by atoms with Gasteiger partial charge in [0.05, 0.1) is 12.7 Å². The molecule has 27 heavy (non-hydrogen) atoms. The minimum atomic E-state index is 0.500. The first-order chi connectivity index (χ1) is 13.3. The highest BCUT2D eigenvalue weighted by Crippen LogP contribution is 2.47. The molecular weight excluding hydrogens is 328 g/mol. The fourth-order valence-electron chi connectivity index (χ4n) is 6.35. The van der Waals surface area contributed by atoms with Crippen molar-refractivity contribution in [1.29, 1.82) is 0 Å². The quantitative estimate of drug-likeness (QED) is 0.520. The lowest BCUT2D eigenvalue weighted by molar-refractivity contribution is -0.0137. The largest absolute Gasteiger partial charge is 0.374 e. The van der Waals surface area contributed by atoms with E-state index in [0.29, 0.717) is 6.10 Å². The average Bonchev–Trinajstić information content (AvgIpc) is 2.71. The van der Waals surface area contributed by atoms with E-state index in [2.05, 4.69) is 31.7 Å². The molecule has 3 unspecified atom stereocenters. The molecular formula is C26H38O. The Morgan fingerprint density at radius 2 is 1.74 bits per heavy atom. The van der Waals surface area contributed by atoms with Gasteiger partial charge < -0.3 is 4.74 Å². The van der Waals surface area contributed by atoms with Crippen LogP contribution in [0.2, 0.25) is 0 Å². The lowest BCUT2D eigenvalue weighted by Crippen LogP contribution is -2.37. The molecule has 1 aromatic rings. The van der Waals surface area contributed by atoms with Crippen LogP contribution in [-0.4, -0.2) is 12.7 Å². The van der Waals surface area contributed by atoms with Crippen LogP contribution in [0.5, 0.6) is 0 Å². The van der Waals surface area contributed by atoms with Gasteiger partial charge in [-0.05, 0) is 105 Å². The highest BCUT2D eigenvalue weighted by Gasteiger charge is 2.38. The van der Waals surface area contributed by atoms with Crippen molar-refractivity contribution in [3.63, 3.8) is 0 Å². The predicted octanol–water partition coefficient (Wildman–Crippen LogP) is 6.53. The van der Waals surface area contributed by atoms with Crippen LogP contribution in [0.3, 0.4) is 0 Å². The van der Waals surface area contributed by atoms with E-state index in [1.165, 1.54) is 70.6 Å². The summed E-state index contributed by atoms with van der Waals surface area (Å²) in [4.78, 5) is 0. The second-order valence-electron chi connectivity index (χ2n) is 9.51. The summed E-state index contributed by atoms with van der Waals surface area (Å²) in [5.41, 5.74) is 4.87. The Kier molecular flexibility index (Phi) is 6.38. The first kappa shape index (κ1) is 19.2. The van der Waals surface area contributed by atoms with Gasteiger partial charge in [0.25, 0.3) is 0 Å². The first-order valence-electron chi connectivity index (χ1n) is 11.6. The Labute approximate surface area is 166 Å². The summed E-state index contributed by atoms with van der Waals surface area (Å²) in [7, 11) is 0. The van der Waals surface area contributed by atoms with Crippen LogP contribution in [0.1, 0.15) is 75.0 Å². The summed E-state index contributed by atoms with van der Waals surface area (Å²) < 4.78 is 5.97. The third kappa shape index (κ3) is 4.50. The van der Waals surface area contributed by atoms with E-state index >= 15 is 0 Å². The van der Waals surface area contributed by atoms with Crippen molar-refractivity contribution >= 4 is 0 Å². The third-order valence-electron chi connectivity index (χ3n) is 7.80. The molecule has 0 spiro atoms. The molecule has 2 saturated carbocycles. The Bertz CT molecular complexity index is 633. The maximum Gasteiger partial charge on any atom is 0.0648 e. The average molecular weight is 367 g/mol. The molecule has 1 aromatic carbocycles. The summed E-state index contributed by atoms with van der Waals surface area (Å²) in [6.07, 6.45) is 17.4. The second-order valence-corrected chi connectivity index (χ2v) is 9.51. The molecule has 0 amide bonds. The predicted molar refractivity (Wildman–Crippen MR) is 114 cm³/mol. The van der Waals surface area contributed by atoms with E-state index in [-0.39, 0.29) is 0 Å². The maximum atomic E-state index is 5.97. The number of aryl methyl sites for hydroxylation is 2. The smallest absolute Gasteiger partial charge is 0.0648 e. The SMILES string of the molecule is C=CCO[C@@H]1CC[C@@H]2CC(C3CCc4cc(CCC)ccc4C3)CCC2C1. The number of hydrogen-bond acceptors (Lipinski definition) is 1. The van der Waals surface area contributed by atoms with Crippen LogP contribution < -0.4 is 0 Å². The molecule has 0 N–H and O–H groups in total. The van der Waals surface area contributed by atoms with Crippen molar-refractivity contribution in [2.45, 2.75) is 83.7 Å². The molecule has 0 heterocycles. The molecule has 0 aliphatic heterocycles. The van der Waals surface area contributed by atoms with Crippen molar-refractivity contribution < 1.29 is 4.74 Å². The zero-order valence-electron chi connectivity index (χ0n) is 17.3. The van der Waals surface area contributed by atoms with Crippen LogP contribution in [0.25, 0.3) is 0 Å². The van der Waals surface area contributed by atoms with Gasteiger partial charge in [0.2, 0.25) is 0 Å². The normalized spacial score (nSPS) is 33.1. The standard InChI is InChI=1S/C26H38O/c1-3-5-19-6-7-21-16-22(9-8-20(21)15-19)23-10-11-25-18-26(27-14-4-2)13-12-24(25)17-23/h4,6-7,15,22-26H,2-3,5,8-14,16-18H2,1H3/t22?,23?,24-,25?,26-/m1/s1. The lowest BCUT2D eigenvalue weighted by Gasteiger charge is -2.44. The molecule has 3 aliphatic rings. The molecule has 4 rings (SSSR count). The van der Waals surface area contributed by atoms with Crippen LogP contribution in [0.15, 0.2) is 30.9 Å². The molecule has 0 aromatic heterocycles. The van der Waals surface area contributed by atoms with E-state index in [0.717, 1.165) is 30.3 Å². The van der Waals surface area contributed by atoms with E-state index in [9.17, 15) is 0 Å². The molecule has 1 nitrogen and oxygen atoms in total. The Hall–Kier alpha value is -1.08. The lowest BCUT2D eigenvalue weighted by atomic mass is 9.62. The molecule has 0 bridgehead atoms. The zero-order valence-corrected chi connectivity index (χ0v) is 17.3. The van der Waals surface area contributed by atoms with Gasteiger partial charge in [-0.2, -0.15) is 0 Å². The van der Waals surface area contributed by atoms with E-state index in [4.69, 9.17) is 4.74 Å². The second kappa shape index (κ2) is 8.95. The molecule has 0 radical (unpaired) electrons. The minimum Gasteiger partial charge on any atom is -0.374 e. The summed E-state index contributed by atoms with van der Waals surface area (Å²) in [6, 6.07) is 7.36. The Morgan fingerprint density at radius 3 is 2.56 bits per heavy atom. The van der Waals surface area contributed by atoms with Gasteiger partial charge in [0.1, 0.15) is 0 Å². The molecule has 5 atom stereocenters. The van der Waals surface area contributed by atoms with Crippen LogP contribution in [0.4, 0.5) is 0 Å². The van der Waals surface area contributed by atoms with Gasteiger partial charge in [-0.3, -0.25) is 0 Å². The van der Waals surface area contributed by atoms with Crippen molar-refractivity contribution in [3.8, 4) is 0 Å². The number of ether oxygens (including phenoxy) is 1. The van der Waals surface area contributed by atoms with Crippen molar-refractivity contribution in [2.24, 2.45) is 23.7 Å². The number of hydrogen-bond donors (Lipinski definition) is 0. The molecule has 148 valence electrons. The van der Waals surface area contributed by atoms with E-state index in [1.807, 2.05) is 6.08 Å². The minimum absolute atomic E-state index is 0.500. The first-order valence-corrected chi connectivity index (χ1v) is 11.6. The highest BCUT2D eigenvalue weighted by atomic mass is 16.5. The summed E-state index contributed by atoms with van der Waals surface area (Å²) in [5.74, 6) is 3.81. The van der Waals surface area contributed by atoms with Gasteiger partial charge in [-0.1, -0.05) is 37.6 Å². The Morgan fingerprint density at radius 1 is 0.963 bits per heavy atom. The monoisotopic (exact) mass is 366 g/mol. The summed E-state index contributed by atoms with van der Waals surface area (Å²) in [6.45, 7) is 6.80. The fraction of sp³-hybridized carbons (Fsp3) is 0.692. The molecule has 3 aliphatic carbocycles. The van der Waals surface area contributed by atoms with Gasteiger partial charge in [-0.15, -0.1) is 6.58 Å². The van der Waals surface area contributed by atoms with Crippen molar-refractivity contribution in [3.05, 3.63) is 47.5 Å². The van der Waals surface area contributed by atoms with Crippen LogP contribution in [-0.2, 0) is 24.0 Å². The molecule has 2 fully saturated rings. The van der Waals surface area contributed by atoms with Crippen LogP contribution in [0, 0.1) is 23.7 Å². The van der Waals surface area contributed by atoms with Crippen LogP contribution >= 0.6 is 0 Å². The Balaban J connectivity index is 1.33. The van der Waals surface area contributed by atoms with Crippen molar-refractivity contribution in [2.75, 3.05) is 6.61 Å². The van der Waals surface area contributed by atoms with Gasteiger partial charge in [0.15, 0.2) is 0 Å². The topological polar surface area (TPSA) is 9.23 Å². The highest BCUT2D eigenvalue weighted by molar-refractivity contribution is 5.34. The number of rotatable bonds is 6. The van der Waals surface area contributed by atoms with Crippen molar-refractivity contribution in [1.82, 2.24) is 0 Å². The van der Waals surface area contributed by atoms with Gasteiger partial charge >= 0.3 is 0 Å². The van der Waals surface area contributed by atoms with Gasteiger partial charge in [-0.25, -0.2) is 0 Å². The zero-order chi connectivity index (χ0) is 18.6. The van der Waals surface area contributed by atoms with Gasteiger partial charge in [0, 0.05) is 0 Å². The summed E-state index contributed by atoms with van der Waals surface area (Å²) in [5, 5.41) is 0. The van der Waals surface area contributed by atoms with E-state index < -0.39 is 0 Å². The number of benzene rings is 1.